The molecule has 0 fully saturated rings. The first kappa shape index (κ1) is 27.0. The standard InChI is InChI=1S/C40H29N3O/c1-41-39(32-15-9-4-10-16-32)43-40(42-27-28-11-5-2-6-12-28)34-21-23-35-36-25-33(22-24-37(36)44-38(35)26-34)31-19-17-30(18-20-31)29-13-7-3-8-14-29/h2-26H,1,27H2. The van der Waals surface area contributed by atoms with E-state index in [9.17, 15) is 0 Å². The van der Waals surface area contributed by atoms with Gasteiger partial charge in [0.25, 0.3) is 0 Å². The fourth-order valence-electron chi connectivity index (χ4n) is 5.40. The second-order valence-corrected chi connectivity index (χ2v) is 10.6. The van der Waals surface area contributed by atoms with Gasteiger partial charge in [0.1, 0.15) is 11.2 Å². The topological polar surface area (TPSA) is 50.2 Å². The van der Waals surface area contributed by atoms with Crippen molar-refractivity contribution in [2.45, 2.75) is 6.54 Å². The van der Waals surface area contributed by atoms with Crippen LogP contribution in [-0.2, 0) is 6.54 Å². The normalized spacial score (nSPS) is 12.1. The molecular formula is C40H29N3O. The molecule has 6 aromatic carbocycles. The molecule has 0 spiro atoms. The molecule has 1 aromatic heterocycles. The maximum absolute atomic E-state index is 6.35. The quantitative estimate of drug-likeness (QED) is 0.146. The van der Waals surface area contributed by atoms with E-state index in [4.69, 9.17) is 14.4 Å². The molecule has 7 rings (SSSR count). The van der Waals surface area contributed by atoms with E-state index in [1.54, 1.807) is 0 Å². The van der Waals surface area contributed by atoms with Gasteiger partial charge in [0, 0.05) is 21.9 Å². The van der Waals surface area contributed by atoms with E-state index in [1.807, 2.05) is 66.7 Å². The summed E-state index contributed by atoms with van der Waals surface area (Å²) in [5.41, 5.74) is 9.16. The van der Waals surface area contributed by atoms with Gasteiger partial charge in [0.15, 0.2) is 11.7 Å². The number of nitrogens with zero attached hydrogens (tertiary/aromatic N) is 3. The van der Waals surface area contributed by atoms with E-state index >= 15 is 0 Å². The van der Waals surface area contributed by atoms with Gasteiger partial charge in [-0.25, -0.2) is 9.98 Å². The summed E-state index contributed by atoms with van der Waals surface area (Å²) in [4.78, 5) is 14.0. The van der Waals surface area contributed by atoms with Crippen molar-refractivity contribution in [1.29, 1.82) is 0 Å². The number of hydrogen-bond acceptors (Lipinski definition) is 2. The van der Waals surface area contributed by atoms with Crippen LogP contribution in [0.25, 0.3) is 44.2 Å². The molecule has 0 bridgehead atoms. The van der Waals surface area contributed by atoms with Gasteiger partial charge in [-0.3, -0.25) is 4.99 Å². The first-order chi connectivity index (χ1) is 21.7. The highest BCUT2D eigenvalue weighted by atomic mass is 16.3. The molecule has 0 aliphatic rings. The number of fused-ring (bicyclic) bond motifs is 3. The molecule has 0 saturated heterocycles. The van der Waals surface area contributed by atoms with E-state index in [0.29, 0.717) is 18.2 Å². The first-order valence-electron chi connectivity index (χ1n) is 14.6. The third-order valence-corrected chi connectivity index (χ3v) is 7.70. The summed E-state index contributed by atoms with van der Waals surface area (Å²) in [6, 6.07) is 51.6. The number of amidine groups is 2. The zero-order valence-electron chi connectivity index (χ0n) is 24.1. The second-order valence-electron chi connectivity index (χ2n) is 10.6. The minimum Gasteiger partial charge on any atom is -0.456 e. The minimum atomic E-state index is 0.490. The van der Waals surface area contributed by atoms with E-state index in [1.165, 1.54) is 11.1 Å². The van der Waals surface area contributed by atoms with Crippen LogP contribution in [0.1, 0.15) is 16.7 Å². The summed E-state index contributed by atoms with van der Waals surface area (Å²) in [6.45, 7) is 4.27. The molecule has 7 aromatic rings. The maximum Gasteiger partial charge on any atom is 0.161 e. The summed E-state index contributed by atoms with van der Waals surface area (Å²) in [7, 11) is 0. The minimum absolute atomic E-state index is 0.490. The van der Waals surface area contributed by atoms with Crippen LogP contribution in [-0.4, -0.2) is 18.4 Å². The Bertz CT molecular complexity index is 2130. The van der Waals surface area contributed by atoms with Crippen LogP contribution < -0.4 is 0 Å². The Morgan fingerprint density at radius 3 is 1.82 bits per heavy atom. The van der Waals surface area contributed by atoms with Crippen LogP contribution >= 0.6 is 0 Å². The molecule has 0 radical (unpaired) electrons. The maximum atomic E-state index is 6.35. The smallest absolute Gasteiger partial charge is 0.161 e. The van der Waals surface area contributed by atoms with Gasteiger partial charge in [0.2, 0.25) is 0 Å². The monoisotopic (exact) mass is 567 g/mol. The van der Waals surface area contributed by atoms with Crippen molar-refractivity contribution in [1.82, 2.24) is 0 Å². The highest BCUT2D eigenvalue weighted by Crippen LogP contribution is 2.34. The molecule has 4 nitrogen and oxygen atoms in total. The lowest BCUT2D eigenvalue weighted by molar-refractivity contribution is 0.669. The molecule has 0 aliphatic carbocycles. The molecule has 0 unspecified atom stereocenters. The van der Waals surface area contributed by atoms with Crippen LogP contribution in [0.3, 0.4) is 0 Å². The number of hydrogen-bond donors (Lipinski definition) is 0. The van der Waals surface area contributed by atoms with Crippen LogP contribution in [0.2, 0.25) is 0 Å². The summed E-state index contributed by atoms with van der Waals surface area (Å²) in [6.07, 6.45) is 0. The van der Waals surface area contributed by atoms with Crippen molar-refractivity contribution >= 4 is 40.3 Å². The predicted octanol–water partition coefficient (Wildman–Crippen LogP) is 10.0. The Kier molecular flexibility index (Phi) is 7.46. The van der Waals surface area contributed by atoms with Gasteiger partial charge in [0.05, 0.1) is 6.54 Å². The predicted molar refractivity (Wildman–Crippen MR) is 184 cm³/mol. The van der Waals surface area contributed by atoms with E-state index < -0.39 is 0 Å². The Hall–Kier alpha value is -5.87. The number of furan rings is 1. The fourth-order valence-corrected chi connectivity index (χ4v) is 5.40. The van der Waals surface area contributed by atoms with Crippen molar-refractivity contribution in [3.05, 3.63) is 168 Å². The Morgan fingerprint density at radius 2 is 1.11 bits per heavy atom. The van der Waals surface area contributed by atoms with Crippen molar-refractivity contribution in [2.75, 3.05) is 0 Å². The molecule has 210 valence electrons. The summed E-state index contributed by atoms with van der Waals surface area (Å²) >= 11 is 0. The summed E-state index contributed by atoms with van der Waals surface area (Å²) in [5.74, 6) is 1.09. The highest BCUT2D eigenvalue weighted by Gasteiger charge is 2.13. The number of aliphatic imine (C=N–C) groups is 3. The van der Waals surface area contributed by atoms with Crippen LogP contribution in [0.4, 0.5) is 0 Å². The van der Waals surface area contributed by atoms with E-state index in [2.05, 4.69) is 96.6 Å². The summed E-state index contributed by atoms with van der Waals surface area (Å²) in [5, 5.41) is 2.11. The van der Waals surface area contributed by atoms with Gasteiger partial charge in [-0.05, 0) is 58.8 Å². The highest BCUT2D eigenvalue weighted by molar-refractivity contribution is 6.14. The molecule has 0 saturated carbocycles. The Balaban J connectivity index is 1.26. The lowest BCUT2D eigenvalue weighted by Crippen LogP contribution is -2.05. The third-order valence-electron chi connectivity index (χ3n) is 7.70. The van der Waals surface area contributed by atoms with Gasteiger partial charge < -0.3 is 4.42 Å². The number of rotatable bonds is 6. The van der Waals surface area contributed by atoms with Crippen molar-refractivity contribution < 1.29 is 4.42 Å². The molecule has 0 N–H and O–H groups in total. The molecule has 0 amide bonds. The molecule has 1 heterocycles. The zero-order valence-corrected chi connectivity index (χ0v) is 24.1. The van der Waals surface area contributed by atoms with Crippen LogP contribution in [0.5, 0.6) is 0 Å². The van der Waals surface area contributed by atoms with Gasteiger partial charge in [-0.1, -0.05) is 127 Å². The third kappa shape index (κ3) is 5.61. The van der Waals surface area contributed by atoms with Gasteiger partial charge in [-0.2, -0.15) is 0 Å². The Morgan fingerprint density at radius 1 is 0.500 bits per heavy atom. The first-order valence-corrected chi connectivity index (χ1v) is 14.6. The SMILES string of the molecule is C=NC(=NC(=NCc1ccccc1)c1ccc2c(c1)oc1ccc(-c3ccc(-c4ccccc4)cc3)cc12)c1ccccc1. The lowest BCUT2D eigenvalue weighted by Gasteiger charge is -2.06. The van der Waals surface area contributed by atoms with Crippen molar-refractivity contribution in [3.8, 4) is 22.3 Å². The van der Waals surface area contributed by atoms with E-state index in [0.717, 1.165) is 49.8 Å². The van der Waals surface area contributed by atoms with Crippen molar-refractivity contribution in [2.24, 2.45) is 15.0 Å². The largest absolute Gasteiger partial charge is 0.456 e. The zero-order chi connectivity index (χ0) is 29.7. The van der Waals surface area contributed by atoms with Crippen molar-refractivity contribution in [3.63, 3.8) is 0 Å². The van der Waals surface area contributed by atoms with Crippen LogP contribution in [0.15, 0.2) is 171 Å². The molecule has 0 aliphatic heterocycles. The second kappa shape index (κ2) is 12.2. The van der Waals surface area contributed by atoms with E-state index in [-0.39, 0.29) is 0 Å². The molecule has 44 heavy (non-hydrogen) atoms. The van der Waals surface area contributed by atoms with Gasteiger partial charge in [-0.15, -0.1) is 0 Å². The molecule has 4 heteroatoms. The lowest BCUT2D eigenvalue weighted by atomic mass is 9.99. The Labute approximate surface area is 256 Å². The van der Waals surface area contributed by atoms with Crippen LogP contribution in [0, 0.1) is 0 Å². The molecular weight excluding hydrogens is 538 g/mol. The summed E-state index contributed by atoms with van der Waals surface area (Å²) < 4.78 is 6.35. The average Bonchev–Trinajstić information content (AvgIpc) is 3.47. The number of benzene rings is 6. The fraction of sp³-hybridized carbons (Fsp3) is 0.0250. The molecule has 0 atom stereocenters. The van der Waals surface area contributed by atoms with Gasteiger partial charge >= 0.3 is 0 Å². The average molecular weight is 568 g/mol.